The van der Waals surface area contributed by atoms with Gasteiger partial charge in [-0.05, 0) is 48.9 Å². The van der Waals surface area contributed by atoms with Crippen LogP contribution in [0.5, 0.6) is 0 Å². The first-order chi connectivity index (χ1) is 12.0. The maximum Gasteiger partial charge on any atom is 0.315 e. The minimum atomic E-state index is -0.0508. The predicted octanol–water partition coefficient (Wildman–Crippen LogP) is 4.30. The van der Waals surface area contributed by atoms with E-state index in [-0.39, 0.29) is 18.1 Å². The van der Waals surface area contributed by atoms with Crippen LogP contribution in [0.25, 0.3) is 0 Å². The Balaban J connectivity index is 1.50. The number of nitrogens with one attached hydrogen (secondary N) is 2. The number of halogens is 1. The Bertz CT molecular complexity index is 602. The molecule has 1 atom stereocenters. The largest absolute Gasteiger partial charge is 0.335 e. The summed E-state index contributed by atoms with van der Waals surface area (Å²) in [6, 6.07) is 6.24. The number of carbonyl (C=O) groups is 1. The maximum absolute atomic E-state index is 12.5. The summed E-state index contributed by atoms with van der Waals surface area (Å²) in [5.74, 6) is 1.72. The van der Waals surface area contributed by atoms with Crippen molar-refractivity contribution in [1.29, 1.82) is 0 Å². The number of hydrogen-bond donors (Lipinski definition) is 2. The predicted molar refractivity (Wildman–Crippen MR) is 106 cm³/mol. The molecule has 2 aliphatic heterocycles. The third kappa shape index (κ3) is 5.28. The van der Waals surface area contributed by atoms with Crippen LogP contribution in [0.3, 0.4) is 0 Å². The number of nitrogens with zero attached hydrogens (tertiary/aromatic N) is 1. The van der Waals surface area contributed by atoms with Crippen LogP contribution < -0.4 is 10.6 Å². The van der Waals surface area contributed by atoms with Gasteiger partial charge in [0.1, 0.15) is 0 Å². The van der Waals surface area contributed by atoms with E-state index in [9.17, 15) is 4.79 Å². The molecule has 138 valence electrons. The Hall–Kier alpha value is -0.910. The van der Waals surface area contributed by atoms with E-state index in [1.54, 1.807) is 0 Å². The smallest absolute Gasteiger partial charge is 0.315 e. The first-order valence-electron chi connectivity index (χ1n) is 9.23. The van der Waals surface area contributed by atoms with E-state index in [0.717, 1.165) is 55.2 Å². The van der Waals surface area contributed by atoms with Crippen LogP contribution in [0.2, 0.25) is 5.02 Å². The summed E-state index contributed by atoms with van der Waals surface area (Å²) in [6.07, 6.45) is 3.00. The van der Waals surface area contributed by atoms with Gasteiger partial charge in [-0.25, -0.2) is 4.79 Å². The topological polar surface area (TPSA) is 44.4 Å². The third-order valence-corrected chi connectivity index (χ3v) is 6.22. The average Bonchev–Trinajstić information content (AvgIpc) is 2.57. The van der Waals surface area contributed by atoms with Gasteiger partial charge in [0, 0.05) is 41.3 Å². The fraction of sp³-hybridized carbons (Fsp3) is 0.632. The van der Waals surface area contributed by atoms with E-state index in [0.29, 0.717) is 5.92 Å². The summed E-state index contributed by atoms with van der Waals surface area (Å²) in [7, 11) is 0. The van der Waals surface area contributed by atoms with Crippen molar-refractivity contribution < 1.29 is 4.79 Å². The van der Waals surface area contributed by atoms with Gasteiger partial charge in [0.25, 0.3) is 0 Å². The minimum Gasteiger partial charge on any atom is -0.335 e. The number of rotatable bonds is 4. The number of piperidine rings is 1. The van der Waals surface area contributed by atoms with Crippen molar-refractivity contribution >= 4 is 29.4 Å². The second-order valence-electron chi connectivity index (χ2n) is 7.46. The molecule has 1 unspecified atom stereocenters. The molecule has 0 saturated carbocycles. The highest BCUT2D eigenvalue weighted by atomic mass is 35.5. The van der Waals surface area contributed by atoms with Gasteiger partial charge in [-0.15, -0.1) is 11.8 Å². The van der Waals surface area contributed by atoms with Crippen LogP contribution in [0.1, 0.15) is 44.7 Å². The molecule has 2 N–H and O–H groups in total. The van der Waals surface area contributed by atoms with Gasteiger partial charge < -0.3 is 15.5 Å². The molecule has 0 bridgehead atoms. The van der Waals surface area contributed by atoms with Crippen LogP contribution in [0.15, 0.2) is 23.1 Å². The quantitative estimate of drug-likeness (QED) is 0.817. The van der Waals surface area contributed by atoms with E-state index in [4.69, 9.17) is 11.6 Å². The van der Waals surface area contributed by atoms with Crippen LogP contribution in [0.4, 0.5) is 4.79 Å². The second-order valence-corrected chi connectivity index (χ2v) is 9.03. The normalized spacial score (nSPS) is 21.8. The highest BCUT2D eigenvalue weighted by Crippen LogP contribution is 2.37. The summed E-state index contributed by atoms with van der Waals surface area (Å²) in [6.45, 7) is 7.80. The zero-order valence-electron chi connectivity index (χ0n) is 15.1. The van der Waals surface area contributed by atoms with Gasteiger partial charge in [-0.3, -0.25) is 0 Å². The molecule has 1 aromatic carbocycles. The average molecular weight is 382 g/mol. The lowest BCUT2D eigenvalue weighted by molar-refractivity contribution is 0.177. The molecule has 1 fully saturated rings. The summed E-state index contributed by atoms with van der Waals surface area (Å²) >= 11 is 7.97. The molecule has 2 heterocycles. The van der Waals surface area contributed by atoms with Gasteiger partial charge >= 0.3 is 6.03 Å². The van der Waals surface area contributed by atoms with Crippen LogP contribution in [0, 0.1) is 5.92 Å². The molecule has 0 spiro atoms. The van der Waals surface area contributed by atoms with Crippen molar-refractivity contribution in [2.45, 2.75) is 50.1 Å². The number of carbonyl (C=O) groups excluding carboxylic acids is 1. The Morgan fingerprint density at radius 3 is 2.76 bits per heavy atom. The lowest BCUT2D eigenvalue weighted by Crippen LogP contribution is -2.49. The third-order valence-electron chi connectivity index (χ3n) is 4.86. The fourth-order valence-corrected chi connectivity index (χ4v) is 4.96. The zero-order valence-corrected chi connectivity index (χ0v) is 16.6. The molecule has 6 heteroatoms. The molecule has 25 heavy (non-hydrogen) atoms. The maximum atomic E-state index is 12.5. The molecular weight excluding hydrogens is 354 g/mol. The van der Waals surface area contributed by atoms with Crippen molar-refractivity contribution in [1.82, 2.24) is 15.5 Å². The SMILES string of the molecule is CC(C)CN1CCC(NC(=O)NC2CCSc3ccc(Cl)cc32)CC1. The molecule has 2 amide bonds. The van der Waals surface area contributed by atoms with Crippen molar-refractivity contribution in [3.63, 3.8) is 0 Å². The summed E-state index contributed by atoms with van der Waals surface area (Å²) < 4.78 is 0. The summed E-state index contributed by atoms with van der Waals surface area (Å²) in [4.78, 5) is 16.2. The highest BCUT2D eigenvalue weighted by Gasteiger charge is 2.25. The van der Waals surface area contributed by atoms with Crippen LogP contribution in [-0.4, -0.2) is 42.4 Å². The van der Waals surface area contributed by atoms with E-state index in [1.165, 1.54) is 4.90 Å². The molecular formula is C19H28ClN3OS. The minimum absolute atomic E-state index is 0.0508. The fourth-order valence-electron chi connectivity index (χ4n) is 3.68. The first kappa shape index (κ1) is 18.9. The standard InChI is InChI=1S/C19H28ClN3OS/c1-13(2)12-23-8-5-15(6-9-23)21-19(24)22-17-7-10-25-18-4-3-14(20)11-16(17)18/h3-4,11,13,15,17H,5-10,12H2,1-2H3,(H2,21,22,24). The number of benzene rings is 1. The van der Waals surface area contributed by atoms with Crippen molar-refractivity contribution in [2.24, 2.45) is 5.92 Å². The molecule has 4 nitrogen and oxygen atoms in total. The molecule has 3 rings (SSSR count). The Labute approximate surface area is 160 Å². The molecule has 0 aliphatic carbocycles. The van der Waals surface area contributed by atoms with E-state index < -0.39 is 0 Å². The molecule has 0 radical (unpaired) electrons. The monoisotopic (exact) mass is 381 g/mol. The van der Waals surface area contributed by atoms with Crippen molar-refractivity contribution in [3.8, 4) is 0 Å². The number of likely N-dealkylation sites (tertiary alicyclic amines) is 1. The Kier molecular flexibility index (Phi) is 6.53. The molecule has 1 aromatic rings. The van der Waals surface area contributed by atoms with E-state index >= 15 is 0 Å². The second kappa shape index (κ2) is 8.65. The number of thioether (sulfide) groups is 1. The number of fused-ring (bicyclic) bond motifs is 1. The van der Waals surface area contributed by atoms with E-state index in [2.05, 4.69) is 35.4 Å². The number of hydrogen-bond acceptors (Lipinski definition) is 3. The van der Waals surface area contributed by atoms with Gasteiger partial charge in [0.2, 0.25) is 0 Å². The van der Waals surface area contributed by atoms with Gasteiger partial charge in [0.15, 0.2) is 0 Å². The van der Waals surface area contributed by atoms with E-state index in [1.807, 2.05) is 23.9 Å². The van der Waals surface area contributed by atoms with Gasteiger partial charge in [0.05, 0.1) is 6.04 Å². The highest BCUT2D eigenvalue weighted by molar-refractivity contribution is 7.99. The first-order valence-corrected chi connectivity index (χ1v) is 10.6. The number of amides is 2. The summed E-state index contributed by atoms with van der Waals surface area (Å²) in [5.41, 5.74) is 1.14. The Morgan fingerprint density at radius 1 is 1.28 bits per heavy atom. The Morgan fingerprint density at radius 2 is 2.04 bits per heavy atom. The lowest BCUT2D eigenvalue weighted by atomic mass is 10.0. The summed E-state index contributed by atoms with van der Waals surface area (Å²) in [5, 5.41) is 7.05. The number of urea groups is 1. The van der Waals surface area contributed by atoms with Crippen molar-refractivity contribution in [3.05, 3.63) is 28.8 Å². The van der Waals surface area contributed by atoms with Gasteiger partial charge in [-0.2, -0.15) is 0 Å². The molecule has 2 aliphatic rings. The van der Waals surface area contributed by atoms with Gasteiger partial charge in [-0.1, -0.05) is 25.4 Å². The van der Waals surface area contributed by atoms with Crippen molar-refractivity contribution in [2.75, 3.05) is 25.4 Å². The molecule has 1 saturated heterocycles. The lowest BCUT2D eigenvalue weighted by Gasteiger charge is -2.34. The van der Waals surface area contributed by atoms with Crippen LogP contribution in [-0.2, 0) is 0 Å². The molecule has 0 aromatic heterocycles. The zero-order chi connectivity index (χ0) is 17.8. The van der Waals surface area contributed by atoms with Crippen LogP contribution >= 0.6 is 23.4 Å².